The molecule has 3 N–H and O–H groups in total. The number of aromatic nitrogens is 1. The van der Waals surface area contributed by atoms with Crippen molar-refractivity contribution in [3.8, 4) is 5.75 Å². The molecule has 0 aliphatic heterocycles. The number of anilines is 2. The molecule has 6 heteroatoms. The van der Waals surface area contributed by atoms with Gasteiger partial charge in [-0.15, -0.1) is 0 Å². The van der Waals surface area contributed by atoms with Gasteiger partial charge in [-0.3, -0.25) is 4.79 Å². The van der Waals surface area contributed by atoms with Crippen LogP contribution in [0.25, 0.3) is 0 Å². The van der Waals surface area contributed by atoms with Gasteiger partial charge in [0.1, 0.15) is 11.4 Å². The Kier molecular flexibility index (Phi) is 3.87. The lowest BCUT2D eigenvalue weighted by Gasteiger charge is -2.10. The summed E-state index contributed by atoms with van der Waals surface area (Å²) in [6.07, 6.45) is 1.42. The van der Waals surface area contributed by atoms with Crippen LogP contribution in [0.4, 0.5) is 11.4 Å². The molecule has 5 nitrogen and oxygen atoms in total. The summed E-state index contributed by atoms with van der Waals surface area (Å²) < 4.78 is 5.14. The van der Waals surface area contributed by atoms with Crippen molar-refractivity contribution in [2.24, 2.45) is 0 Å². The molecule has 2 rings (SSSR count). The Bertz CT molecular complexity index is 599. The minimum atomic E-state index is -0.361. The summed E-state index contributed by atoms with van der Waals surface area (Å²) in [5, 5.41) is 3.19. The first-order valence-electron chi connectivity index (χ1n) is 5.46. The standard InChI is InChI=1S/C13H12ClN3O2/c1-19-12-5-2-8(14)6-11(12)17-13(18)10-4-3-9(15)7-16-10/h2-7H,15H2,1H3,(H,17,18). The first-order valence-corrected chi connectivity index (χ1v) is 5.84. The molecule has 0 saturated heterocycles. The third kappa shape index (κ3) is 3.14. The zero-order valence-electron chi connectivity index (χ0n) is 10.2. The van der Waals surface area contributed by atoms with E-state index >= 15 is 0 Å². The van der Waals surface area contributed by atoms with Gasteiger partial charge in [-0.05, 0) is 30.3 Å². The highest BCUT2D eigenvalue weighted by molar-refractivity contribution is 6.31. The molecule has 0 unspecified atom stereocenters. The second kappa shape index (κ2) is 5.58. The lowest BCUT2D eigenvalue weighted by molar-refractivity contribution is 0.102. The molecule has 0 aliphatic carbocycles. The number of amides is 1. The number of carbonyl (C=O) groups is 1. The first-order chi connectivity index (χ1) is 9.10. The second-order valence-corrected chi connectivity index (χ2v) is 4.21. The van der Waals surface area contributed by atoms with Crippen molar-refractivity contribution < 1.29 is 9.53 Å². The number of ether oxygens (including phenoxy) is 1. The molecule has 0 aliphatic rings. The number of benzene rings is 1. The molecule has 0 atom stereocenters. The van der Waals surface area contributed by atoms with Crippen LogP contribution in [0.1, 0.15) is 10.5 Å². The van der Waals surface area contributed by atoms with Gasteiger partial charge in [0.05, 0.1) is 24.7 Å². The molecule has 1 heterocycles. The maximum absolute atomic E-state index is 12.0. The van der Waals surface area contributed by atoms with Crippen molar-refractivity contribution in [3.63, 3.8) is 0 Å². The topological polar surface area (TPSA) is 77.2 Å². The minimum absolute atomic E-state index is 0.260. The lowest BCUT2D eigenvalue weighted by atomic mass is 10.2. The summed E-state index contributed by atoms with van der Waals surface area (Å²) in [5.41, 5.74) is 6.76. The molecular weight excluding hydrogens is 266 g/mol. The van der Waals surface area contributed by atoms with E-state index in [0.717, 1.165) is 0 Å². The van der Waals surface area contributed by atoms with E-state index in [2.05, 4.69) is 10.3 Å². The van der Waals surface area contributed by atoms with Crippen molar-refractivity contribution in [2.75, 3.05) is 18.2 Å². The summed E-state index contributed by atoms with van der Waals surface area (Å²) in [4.78, 5) is 15.9. The van der Waals surface area contributed by atoms with Gasteiger partial charge in [-0.1, -0.05) is 11.6 Å². The van der Waals surface area contributed by atoms with Crippen molar-refractivity contribution >= 4 is 28.9 Å². The van der Waals surface area contributed by atoms with Crippen LogP contribution in [0.15, 0.2) is 36.5 Å². The van der Waals surface area contributed by atoms with E-state index in [9.17, 15) is 4.79 Å². The average Bonchev–Trinajstić information content (AvgIpc) is 2.39. The van der Waals surface area contributed by atoms with Crippen LogP contribution in [-0.4, -0.2) is 18.0 Å². The number of halogens is 1. The predicted octanol–water partition coefficient (Wildman–Crippen LogP) is 2.58. The summed E-state index contributed by atoms with van der Waals surface area (Å²) in [6.45, 7) is 0. The second-order valence-electron chi connectivity index (χ2n) is 3.78. The predicted molar refractivity (Wildman–Crippen MR) is 74.6 cm³/mol. The monoisotopic (exact) mass is 277 g/mol. The van der Waals surface area contributed by atoms with E-state index in [-0.39, 0.29) is 11.6 Å². The molecule has 1 aromatic heterocycles. The molecule has 0 bridgehead atoms. The lowest BCUT2D eigenvalue weighted by Crippen LogP contribution is -2.14. The molecule has 1 aromatic carbocycles. The molecule has 98 valence electrons. The van der Waals surface area contributed by atoms with E-state index in [4.69, 9.17) is 22.1 Å². The number of hydrogen-bond acceptors (Lipinski definition) is 4. The van der Waals surface area contributed by atoms with E-state index in [0.29, 0.717) is 22.1 Å². The SMILES string of the molecule is COc1ccc(Cl)cc1NC(=O)c1ccc(N)cn1. The Hall–Kier alpha value is -2.27. The van der Waals surface area contributed by atoms with Crippen molar-refractivity contribution in [2.45, 2.75) is 0 Å². The zero-order valence-corrected chi connectivity index (χ0v) is 10.9. The molecular formula is C13H12ClN3O2. The Morgan fingerprint density at radius 2 is 2.16 bits per heavy atom. The van der Waals surface area contributed by atoms with Crippen LogP contribution in [-0.2, 0) is 0 Å². The number of nitrogens with two attached hydrogens (primary N) is 1. The van der Waals surface area contributed by atoms with Gasteiger partial charge in [0.15, 0.2) is 0 Å². The van der Waals surface area contributed by atoms with E-state index in [1.165, 1.54) is 13.3 Å². The molecule has 0 spiro atoms. The highest BCUT2D eigenvalue weighted by Gasteiger charge is 2.11. The number of pyridine rings is 1. The third-order valence-electron chi connectivity index (χ3n) is 2.43. The highest BCUT2D eigenvalue weighted by atomic mass is 35.5. The fourth-order valence-corrected chi connectivity index (χ4v) is 1.68. The van der Waals surface area contributed by atoms with E-state index in [1.807, 2.05) is 0 Å². The number of nitrogen functional groups attached to an aromatic ring is 1. The van der Waals surface area contributed by atoms with Gasteiger partial charge < -0.3 is 15.8 Å². The fraction of sp³-hybridized carbons (Fsp3) is 0.0769. The number of hydrogen-bond donors (Lipinski definition) is 2. The van der Waals surface area contributed by atoms with Crippen LogP contribution in [0.2, 0.25) is 5.02 Å². The maximum atomic E-state index is 12.0. The van der Waals surface area contributed by atoms with Crippen molar-refractivity contribution in [1.82, 2.24) is 4.98 Å². The molecule has 0 fully saturated rings. The highest BCUT2D eigenvalue weighted by Crippen LogP contribution is 2.27. The Labute approximate surface area is 115 Å². The van der Waals surface area contributed by atoms with E-state index in [1.54, 1.807) is 30.3 Å². The van der Waals surface area contributed by atoms with Crippen LogP contribution < -0.4 is 15.8 Å². The van der Waals surface area contributed by atoms with Crippen molar-refractivity contribution in [3.05, 3.63) is 47.2 Å². The average molecular weight is 278 g/mol. The van der Waals surface area contributed by atoms with Crippen LogP contribution >= 0.6 is 11.6 Å². The molecule has 2 aromatic rings. The quantitative estimate of drug-likeness (QED) is 0.904. The van der Waals surface area contributed by atoms with Gasteiger partial charge in [0.2, 0.25) is 0 Å². The van der Waals surface area contributed by atoms with Gasteiger partial charge in [0, 0.05) is 5.02 Å². The smallest absolute Gasteiger partial charge is 0.274 e. The molecule has 0 saturated carbocycles. The molecule has 1 amide bonds. The fourth-order valence-electron chi connectivity index (χ4n) is 1.50. The zero-order chi connectivity index (χ0) is 13.8. The summed E-state index contributed by atoms with van der Waals surface area (Å²) in [5.74, 6) is 0.161. The summed E-state index contributed by atoms with van der Waals surface area (Å²) in [7, 11) is 1.51. The first kappa shape index (κ1) is 13.2. The molecule has 19 heavy (non-hydrogen) atoms. The van der Waals surface area contributed by atoms with Crippen molar-refractivity contribution in [1.29, 1.82) is 0 Å². The number of rotatable bonds is 3. The number of carbonyl (C=O) groups excluding carboxylic acids is 1. The van der Waals surface area contributed by atoms with Gasteiger partial charge >= 0.3 is 0 Å². The van der Waals surface area contributed by atoms with Crippen LogP contribution in [0.3, 0.4) is 0 Å². The number of nitrogens with one attached hydrogen (secondary N) is 1. The summed E-state index contributed by atoms with van der Waals surface area (Å²) >= 11 is 5.89. The third-order valence-corrected chi connectivity index (χ3v) is 2.66. The van der Waals surface area contributed by atoms with Gasteiger partial charge in [-0.25, -0.2) is 4.98 Å². The minimum Gasteiger partial charge on any atom is -0.495 e. The molecule has 0 radical (unpaired) electrons. The Morgan fingerprint density at radius 3 is 2.79 bits per heavy atom. The maximum Gasteiger partial charge on any atom is 0.274 e. The van der Waals surface area contributed by atoms with Gasteiger partial charge in [0.25, 0.3) is 5.91 Å². The van der Waals surface area contributed by atoms with Crippen LogP contribution in [0.5, 0.6) is 5.75 Å². The van der Waals surface area contributed by atoms with Crippen LogP contribution in [0, 0.1) is 0 Å². The van der Waals surface area contributed by atoms with E-state index < -0.39 is 0 Å². The number of methoxy groups -OCH3 is 1. The largest absolute Gasteiger partial charge is 0.495 e. The Morgan fingerprint density at radius 1 is 1.37 bits per heavy atom. The summed E-state index contributed by atoms with van der Waals surface area (Å²) in [6, 6.07) is 8.11. The normalized spacial score (nSPS) is 10.0. The number of nitrogens with zero attached hydrogens (tertiary/aromatic N) is 1. The Balaban J connectivity index is 2.23. The van der Waals surface area contributed by atoms with Gasteiger partial charge in [-0.2, -0.15) is 0 Å².